The second-order valence-corrected chi connectivity index (χ2v) is 4.03. The van der Waals surface area contributed by atoms with Crippen molar-refractivity contribution in [2.24, 2.45) is 0 Å². The summed E-state index contributed by atoms with van der Waals surface area (Å²) in [7, 11) is 0. The van der Waals surface area contributed by atoms with Gasteiger partial charge in [0, 0.05) is 24.6 Å². The number of benzene rings is 1. The van der Waals surface area contributed by atoms with Crippen molar-refractivity contribution in [3.8, 4) is 0 Å². The molecule has 0 unspecified atom stereocenters. The number of carboxylic acid groups (broad SMARTS) is 1. The van der Waals surface area contributed by atoms with E-state index in [1.807, 2.05) is 18.2 Å². The quantitative estimate of drug-likeness (QED) is 0.773. The van der Waals surface area contributed by atoms with Crippen LogP contribution in [0.1, 0.15) is 28.8 Å². The second-order valence-electron chi connectivity index (χ2n) is 4.03. The van der Waals surface area contributed by atoms with Gasteiger partial charge in [0.25, 0.3) is 0 Å². The lowest BCUT2D eigenvalue weighted by Crippen LogP contribution is -2.48. The number of carbonyl (C=O) groups is 2. The van der Waals surface area contributed by atoms with E-state index in [0.717, 1.165) is 5.56 Å². The molecular formula is C12H13NO3. The molecule has 16 heavy (non-hydrogen) atoms. The first kappa shape index (κ1) is 10.7. The molecule has 1 fully saturated rings. The lowest BCUT2D eigenvalue weighted by atomic mass is 9.87. The molecule has 0 aliphatic carbocycles. The molecule has 1 aliphatic heterocycles. The summed E-state index contributed by atoms with van der Waals surface area (Å²) in [4.78, 5) is 23.4. The highest BCUT2D eigenvalue weighted by atomic mass is 16.4. The van der Waals surface area contributed by atoms with Crippen molar-refractivity contribution in [2.75, 3.05) is 13.1 Å². The zero-order valence-electron chi connectivity index (χ0n) is 9.01. The predicted octanol–water partition coefficient (Wildman–Crippen LogP) is 1.97. The number of ketones is 1. The topological polar surface area (TPSA) is 57.6 Å². The first-order valence-corrected chi connectivity index (χ1v) is 5.17. The van der Waals surface area contributed by atoms with Crippen LogP contribution < -0.4 is 0 Å². The Kier molecular flexibility index (Phi) is 2.64. The van der Waals surface area contributed by atoms with Crippen LogP contribution in [0.5, 0.6) is 0 Å². The molecule has 1 aliphatic rings. The average molecular weight is 219 g/mol. The van der Waals surface area contributed by atoms with Gasteiger partial charge in [-0.3, -0.25) is 4.79 Å². The molecule has 4 heteroatoms. The maximum Gasteiger partial charge on any atom is 0.407 e. The van der Waals surface area contributed by atoms with Gasteiger partial charge in [-0.15, -0.1) is 0 Å². The van der Waals surface area contributed by atoms with Gasteiger partial charge in [0.05, 0.1) is 0 Å². The van der Waals surface area contributed by atoms with E-state index in [1.54, 1.807) is 6.07 Å². The van der Waals surface area contributed by atoms with Gasteiger partial charge < -0.3 is 10.0 Å². The fourth-order valence-electron chi connectivity index (χ4n) is 2.01. The largest absolute Gasteiger partial charge is 0.465 e. The molecular weight excluding hydrogens is 206 g/mol. The van der Waals surface area contributed by atoms with E-state index >= 15 is 0 Å². The van der Waals surface area contributed by atoms with Crippen LogP contribution in [-0.4, -0.2) is 35.0 Å². The molecule has 0 bridgehead atoms. The van der Waals surface area contributed by atoms with E-state index in [4.69, 9.17) is 5.11 Å². The Balaban J connectivity index is 2.17. The summed E-state index contributed by atoms with van der Waals surface area (Å²) in [5.41, 5.74) is 1.67. The normalized spacial score (nSPS) is 15.7. The lowest BCUT2D eigenvalue weighted by molar-refractivity contribution is 0.0998. The van der Waals surface area contributed by atoms with Gasteiger partial charge in [0.15, 0.2) is 5.78 Å². The Labute approximate surface area is 93.5 Å². The van der Waals surface area contributed by atoms with Crippen molar-refractivity contribution in [1.29, 1.82) is 0 Å². The van der Waals surface area contributed by atoms with E-state index in [9.17, 15) is 9.59 Å². The number of Topliss-reactive ketones (excluding diaryl/α,β-unsaturated/α-hetero) is 1. The number of likely N-dealkylation sites (tertiary alicyclic amines) is 1. The van der Waals surface area contributed by atoms with Crippen molar-refractivity contribution in [2.45, 2.75) is 12.8 Å². The summed E-state index contributed by atoms with van der Waals surface area (Å²) in [5.74, 6) is 0.195. The monoisotopic (exact) mass is 219 g/mol. The van der Waals surface area contributed by atoms with Gasteiger partial charge in [-0.05, 0) is 12.5 Å². The van der Waals surface area contributed by atoms with Crippen LogP contribution in [0.15, 0.2) is 24.3 Å². The third-order valence-electron chi connectivity index (χ3n) is 2.93. The molecule has 1 aromatic rings. The smallest absolute Gasteiger partial charge is 0.407 e. The average Bonchev–Trinajstić information content (AvgIpc) is 2.15. The summed E-state index contributed by atoms with van der Waals surface area (Å²) < 4.78 is 0. The molecule has 0 spiro atoms. The molecule has 0 saturated carbocycles. The summed E-state index contributed by atoms with van der Waals surface area (Å²) >= 11 is 0. The molecule has 0 atom stereocenters. The number of amides is 1. The number of nitrogens with zero attached hydrogens (tertiary/aromatic N) is 1. The van der Waals surface area contributed by atoms with E-state index in [-0.39, 0.29) is 11.7 Å². The van der Waals surface area contributed by atoms with Gasteiger partial charge in [0.1, 0.15) is 0 Å². The van der Waals surface area contributed by atoms with E-state index < -0.39 is 6.09 Å². The molecule has 2 rings (SSSR count). The highest BCUT2D eigenvalue weighted by Gasteiger charge is 2.33. The highest BCUT2D eigenvalue weighted by Crippen LogP contribution is 2.29. The van der Waals surface area contributed by atoms with E-state index in [1.165, 1.54) is 11.8 Å². The minimum Gasteiger partial charge on any atom is -0.465 e. The maximum atomic E-state index is 11.4. The molecule has 1 N–H and O–H groups in total. The molecule has 1 heterocycles. The zero-order chi connectivity index (χ0) is 11.7. The molecule has 0 radical (unpaired) electrons. The van der Waals surface area contributed by atoms with Crippen LogP contribution in [0.25, 0.3) is 0 Å². The van der Waals surface area contributed by atoms with Gasteiger partial charge >= 0.3 is 6.09 Å². The fourth-order valence-corrected chi connectivity index (χ4v) is 2.01. The number of carbonyl (C=O) groups excluding carboxylic acids is 1. The van der Waals surface area contributed by atoms with Gasteiger partial charge in [-0.1, -0.05) is 24.3 Å². The van der Waals surface area contributed by atoms with Crippen LogP contribution in [0.4, 0.5) is 4.79 Å². The summed E-state index contributed by atoms with van der Waals surface area (Å²) in [6.45, 7) is 2.51. The van der Waals surface area contributed by atoms with Crippen LogP contribution in [0.2, 0.25) is 0 Å². The van der Waals surface area contributed by atoms with E-state index in [2.05, 4.69) is 0 Å². The number of hydrogen-bond acceptors (Lipinski definition) is 2. The van der Waals surface area contributed by atoms with Crippen LogP contribution in [0, 0.1) is 0 Å². The highest BCUT2D eigenvalue weighted by molar-refractivity contribution is 5.95. The molecule has 1 saturated heterocycles. The zero-order valence-corrected chi connectivity index (χ0v) is 9.01. The summed E-state index contributed by atoms with van der Waals surface area (Å²) in [6.07, 6.45) is -0.892. The predicted molar refractivity (Wildman–Crippen MR) is 58.8 cm³/mol. The van der Waals surface area contributed by atoms with Crippen LogP contribution in [0.3, 0.4) is 0 Å². The van der Waals surface area contributed by atoms with Crippen LogP contribution in [-0.2, 0) is 0 Å². The minimum absolute atomic E-state index is 0.0318. The summed E-state index contributed by atoms with van der Waals surface area (Å²) in [6, 6.07) is 7.40. The Bertz CT molecular complexity index is 436. The molecule has 84 valence electrons. The van der Waals surface area contributed by atoms with Crippen LogP contribution >= 0.6 is 0 Å². The second kappa shape index (κ2) is 3.96. The summed E-state index contributed by atoms with van der Waals surface area (Å²) in [5, 5.41) is 8.74. The molecule has 4 nitrogen and oxygen atoms in total. The van der Waals surface area contributed by atoms with Crippen molar-refractivity contribution < 1.29 is 14.7 Å². The first-order valence-electron chi connectivity index (χ1n) is 5.17. The standard InChI is InChI=1S/C12H13NO3/c1-8(14)10-4-2-3-5-11(10)9-6-13(7-9)12(15)16/h2-5,9H,6-7H2,1H3,(H,15,16). The lowest BCUT2D eigenvalue weighted by Gasteiger charge is -2.38. The van der Waals surface area contributed by atoms with Crippen molar-refractivity contribution in [1.82, 2.24) is 4.90 Å². The Hall–Kier alpha value is -1.84. The molecule has 0 aromatic heterocycles. The Morgan fingerprint density at radius 3 is 2.50 bits per heavy atom. The Morgan fingerprint density at radius 2 is 1.94 bits per heavy atom. The third-order valence-corrected chi connectivity index (χ3v) is 2.93. The van der Waals surface area contributed by atoms with Crippen molar-refractivity contribution in [3.63, 3.8) is 0 Å². The number of hydrogen-bond donors (Lipinski definition) is 1. The van der Waals surface area contributed by atoms with E-state index in [0.29, 0.717) is 18.7 Å². The first-order chi connectivity index (χ1) is 7.59. The molecule has 1 aromatic carbocycles. The van der Waals surface area contributed by atoms with Crippen molar-refractivity contribution >= 4 is 11.9 Å². The SMILES string of the molecule is CC(=O)c1ccccc1C1CN(C(=O)O)C1. The number of rotatable bonds is 2. The fraction of sp³-hybridized carbons (Fsp3) is 0.333. The molecule has 1 amide bonds. The van der Waals surface area contributed by atoms with Gasteiger partial charge in [-0.25, -0.2) is 4.79 Å². The minimum atomic E-state index is -0.892. The third kappa shape index (κ3) is 1.78. The van der Waals surface area contributed by atoms with Gasteiger partial charge in [-0.2, -0.15) is 0 Å². The maximum absolute atomic E-state index is 11.4. The van der Waals surface area contributed by atoms with Crippen molar-refractivity contribution in [3.05, 3.63) is 35.4 Å². The van der Waals surface area contributed by atoms with Gasteiger partial charge in [0.2, 0.25) is 0 Å². The Morgan fingerprint density at radius 1 is 1.31 bits per heavy atom.